The Hall–Kier alpha value is -2.12. The summed E-state index contributed by atoms with van der Waals surface area (Å²) in [5.41, 5.74) is 1.71. The maximum Gasteiger partial charge on any atom is 0.273 e. The number of anilines is 1. The van der Waals surface area contributed by atoms with Crippen molar-refractivity contribution in [2.75, 3.05) is 11.4 Å². The first-order chi connectivity index (χ1) is 10.5. The molecule has 0 amide bonds. The van der Waals surface area contributed by atoms with E-state index in [4.69, 9.17) is 4.52 Å². The minimum atomic E-state index is -3.59. The van der Waals surface area contributed by atoms with Crippen LogP contribution in [0.15, 0.2) is 57.4 Å². The molecule has 0 N–H and O–H groups in total. The van der Waals surface area contributed by atoms with Crippen molar-refractivity contribution in [2.24, 2.45) is 0 Å². The second-order valence-electron chi connectivity index (χ2n) is 4.80. The number of rotatable bonds is 4. The zero-order valence-electron chi connectivity index (χ0n) is 12.1. The number of sulfonamides is 1. The molecule has 0 saturated heterocycles. The number of thiophene rings is 1. The van der Waals surface area contributed by atoms with Crippen molar-refractivity contribution in [2.45, 2.75) is 11.1 Å². The molecule has 0 aliphatic rings. The highest BCUT2D eigenvalue weighted by atomic mass is 32.2. The average Bonchev–Trinajstić information content (AvgIpc) is 3.18. The summed E-state index contributed by atoms with van der Waals surface area (Å²) >= 11 is 1.16. The molecule has 0 aliphatic carbocycles. The van der Waals surface area contributed by atoms with E-state index in [0.29, 0.717) is 11.4 Å². The molecule has 5 nitrogen and oxygen atoms in total. The van der Waals surface area contributed by atoms with Crippen LogP contribution in [0.5, 0.6) is 0 Å². The van der Waals surface area contributed by atoms with Gasteiger partial charge < -0.3 is 4.52 Å². The molecule has 0 bridgehead atoms. The van der Waals surface area contributed by atoms with Gasteiger partial charge in [0.05, 0.1) is 16.8 Å². The van der Waals surface area contributed by atoms with Gasteiger partial charge in [0.2, 0.25) is 0 Å². The zero-order chi connectivity index (χ0) is 15.7. The highest BCUT2D eigenvalue weighted by Gasteiger charge is 2.24. The van der Waals surface area contributed by atoms with Crippen LogP contribution in [0.4, 0.5) is 5.69 Å². The van der Waals surface area contributed by atoms with E-state index >= 15 is 0 Å². The van der Waals surface area contributed by atoms with Gasteiger partial charge in [-0.25, -0.2) is 8.42 Å². The topological polar surface area (TPSA) is 63.4 Å². The molecule has 0 unspecified atom stereocenters. The van der Waals surface area contributed by atoms with Gasteiger partial charge in [0.1, 0.15) is 4.21 Å². The lowest BCUT2D eigenvalue weighted by atomic mass is 10.2. The number of aromatic nitrogens is 1. The largest absolute Gasteiger partial charge is 0.355 e. The lowest BCUT2D eigenvalue weighted by Crippen LogP contribution is -2.25. The van der Waals surface area contributed by atoms with Crippen LogP contribution in [0.2, 0.25) is 0 Å². The molecule has 0 spiro atoms. The number of nitrogens with zero attached hydrogens (tertiary/aromatic N) is 2. The third kappa shape index (κ3) is 2.65. The van der Waals surface area contributed by atoms with Gasteiger partial charge in [0.25, 0.3) is 10.0 Å². The molecule has 3 aromatic rings. The summed E-state index contributed by atoms with van der Waals surface area (Å²) in [5, 5.41) is 3.63. The maximum atomic E-state index is 12.7. The minimum Gasteiger partial charge on any atom is -0.355 e. The van der Waals surface area contributed by atoms with Gasteiger partial charge >= 0.3 is 0 Å². The van der Waals surface area contributed by atoms with Crippen molar-refractivity contribution in [1.82, 2.24) is 5.16 Å². The Morgan fingerprint density at radius 3 is 2.45 bits per heavy atom. The van der Waals surface area contributed by atoms with Crippen LogP contribution in [-0.2, 0) is 10.0 Å². The van der Waals surface area contributed by atoms with Crippen LogP contribution in [-0.4, -0.2) is 20.6 Å². The third-order valence-corrected chi connectivity index (χ3v) is 6.63. The molecule has 7 heteroatoms. The highest BCUT2D eigenvalue weighted by molar-refractivity contribution is 7.94. The second kappa shape index (κ2) is 5.58. The van der Waals surface area contributed by atoms with E-state index in [1.54, 1.807) is 37.4 Å². The fraction of sp³-hybridized carbons (Fsp3) is 0.133. The van der Waals surface area contributed by atoms with Crippen molar-refractivity contribution in [3.8, 4) is 10.6 Å². The SMILES string of the molecule is Cc1ccc(N(C)S(=O)(=O)c2ccc(-c3ccno3)s2)cc1. The van der Waals surface area contributed by atoms with E-state index in [1.165, 1.54) is 10.5 Å². The smallest absolute Gasteiger partial charge is 0.273 e. The summed E-state index contributed by atoms with van der Waals surface area (Å²) in [6.45, 7) is 1.96. The van der Waals surface area contributed by atoms with Gasteiger partial charge in [0.15, 0.2) is 5.76 Å². The maximum absolute atomic E-state index is 12.7. The molecule has 114 valence electrons. The van der Waals surface area contributed by atoms with Crippen LogP contribution in [0.25, 0.3) is 10.6 Å². The summed E-state index contributed by atoms with van der Waals surface area (Å²) in [4.78, 5) is 0.730. The van der Waals surface area contributed by atoms with Gasteiger partial charge in [0, 0.05) is 13.1 Å². The van der Waals surface area contributed by atoms with Crippen LogP contribution < -0.4 is 4.31 Å². The Kier molecular flexibility index (Phi) is 3.76. The number of aryl methyl sites for hydroxylation is 1. The lowest BCUT2D eigenvalue weighted by molar-refractivity contribution is 0.433. The van der Waals surface area contributed by atoms with Gasteiger partial charge in [-0.3, -0.25) is 4.31 Å². The fourth-order valence-electron chi connectivity index (χ4n) is 1.96. The van der Waals surface area contributed by atoms with E-state index in [9.17, 15) is 8.42 Å². The molecule has 0 radical (unpaired) electrons. The van der Waals surface area contributed by atoms with Gasteiger partial charge in [-0.05, 0) is 31.2 Å². The van der Waals surface area contributed by atoms with Crippen molar-refractivity contribution in [3.63, 3.8) is 0 Å². The highest BCUT2D eigenvalue weighted by Crippen LogP contribution is 2.33. The summed E-state index contributed by atoms with van der Waals surface area (Å²) in [6, 6.07) is 12.4. The van der Waals surface area contributed by atoms with Crippen molar-refractivity contribution in [3.05, 3.63) is 54.2 Å². The van der Waals surface area contributed by atoms with Crippen LogP contribution in [0.3, 0.4) is 0 Å². The lowest BCUT2D eigenvalue weighted by Gasteiger charge is -2.18. The van der Waals surface area contributed by atoms with Crippen molar-refractivity contribution < 1.29 is 12.9 Å². The average molecular weight is 334 g/mol. The Balaban J connectivity index is 1.94. The molecule has 2 heterocycles. The molecule has 0 aliphatic heterocycles. The molecule has 0 atom stereocenters. The Labute approximate surface area is 132 Å². The summed E-state index contributed by atoms with van der Waals surface area (Å²) in [7, 11) is -2.04. The van der Waals surface area contributed by atoms with E-state index < -0.39 is 10.0 Å². The predicted molar refractivity (Wildman–Crippen MR) is 86.6 cm³/mol. The van der Waals surface area contributed by atoms with Crippen molar-refractivity contribution in [1.29, 1.82) is 0 Å². The molecular formula is C15H14N2O3S2. The van der Waals surface area contributed by atoms with E-state index in [2.05, 4.69) is 5.16 Å². The Morgan fingerprint density at radius 2 is 1.82 bits per heavy atom. The quantitative estimate of drug-likeness (QED) is 0.732. The molecule has 1 aromatic carbocycles. The molecule has 2 aromatic heterocycles. The summed E-state index contributed by atoms with van der Waals surface area (Å²) in [6.07, 6.45) is 1.53. The van der Waals surface area contributed by atoms with E-state index in [0.717, 1.165) is 21.8 Å². The molecule has 0 saturated carbocycles. The monoisotopic (exact) mass is 334 g/mol. The van der Waals surface area contributed by atoms with Gasteiger partial charge in [-0.1, -0.05) is 22.9 Å². The Bertz CT molecular complexity index is 866. The Morgan fingerprint density at radius 1 is 1.09 bits per heavy atom. The van der Waals surface area contributed by atoms with Crippen LogP contribution in [0.1, 0.15) is 5.56 Å². The van der Waals surface area contributed by atoms with Crippen molar-refractivity contribution >= 4 is 27.0 Å². The third-order valence-electron chi connectivity index (χ3n) is 3.27. The minimum absolute atomic E-state index is 0.266. The second-order valence-corrected chi connectivity index (χ2v) is 8.08. The predicted octanol–water partition coefficient (Wildman–Crippen LogP) is 3.54. The normalized spacial score (nSPS) is 11.5. The fourth-order valence-corrected chi connectivity index (χ4v) is 4.59. The first kappa shape index (κ1) is 14.8. The van der Waals surface area contributed by atoms with Crippen LogP contribution in [0, 0.1) is 6.92 Å². The van der Waals surface area contributed by atoms with E-state index in [-0.39, 0.29) is 4.21 Å². The summed E-state index contributed by atoms with van der Waals surface area (Å²) < 4.78 is 32.0. The number of benzene rings is 1. The molecule has 22 heavy (non-hydrogen) atoms. The molecule has 3 rings (SSSR count). The number of hydrogen-bond donors (Lipinski definition) is 0. The summed E-state index contributed by atoms with van der Waals surface area (Å²) in [5.74, 6) is 0.560. The standard InChI is InChI=1S/C15H14N2O3S2/c1-11-3-5-12(6-4-11)17(2)22(18,19)15-8-7-14(21-15)13-9-10-16-20-13/h3-10H,1-2H3. The van der Waals surface area contributed by atoms with Gasteiger partial charge in [-0.2, -0.15) is 0 Å². The number of hydrogen-bond acceptors (Lipinski definition) is 5. The van der Waals surface area contributed by atoms with E-state index in [1.807, 2.05) is 19.1 Å². The first-order valence-corrected chi connectivity index (χ1v) is 8.80. The van der Waals surface area contributed by atoms with Gasteiger partial charge in [-0.15, -0.1) is 11.3 Å². The first-order valence-electron chi connectivity index (χ1n) is 6.55. The molecule has 0 fully saturated rings. The zero-order valence-corrected chi connectivity index (χ0v) is 13.7. The molecular weight excluding hydrogens is 320 g/mol. The van der Waals surface area contributed by atoms with Crippen LogP contribution >= 0.6 is 11.3 Å².